The van der Waals surface area contributed by atoms with Crippen LogP contribution in [-0.4, -0.2) is 28.4 Å². The molecular formula is C18H26N2O. The molecule has 1 aromatic carbocycles. The van der Waals surface area contributed by atoms with Crippen LogP contribution >= 0.6 is 0 Å². The first-order valence-electron chi connectivity index (χ1n) is 7.83. The Morgan fingerprint density at radius 3 is 2.57 bits per heavy atom. The average molecular weight is 286 g/mol. The minimum atomic E-state index is 0.251. The van der Waals surface area contributed by atoms with E-state index in [1.807, 2.05) is 11.0 Å². The van der Waals surface area contributed by atoms with Crippen LogP contribution in [0.15, 0.2) is 30.5 Å². The summed E-state index contributed by atoms with van der Waals surface area (Å²) in [6.45, 7) is 9.15. The Bertz CT molecular complexity index is 598. The van der Waals surface area contributed by atoms with Gasteiger partial charge in [0.25, 0.3) is 0 Å². The molecule has 21 heavy (non-hydrogen) atoms. The van der Waals surface area contributed by atoms with E-state index in [2.05, 4.69) is 57.1 Å². The lowest BCUT2D eigenvalue weighted by molar-refractivity contribution is -0.133. The van der Waals surface area contributed by atoms with Crippen LogP contribution in [0.4, 0.5) is 0 Å². The molecule has 1 amide bonds. The molecule has 114 valence electrons. The van der Waals surface area contributed by atoms with Crippen LogP contribution in [-0.2, 0) is 11.2 Å². The van der Waals surface area contributed by atoms with E-state index in [0.29, 0.717) is 12.3 Å². The van der Waals surface area contributed by atoms with Gasteiger partial charge >= 0.3 is 0 Å². The molecule has 0 radical (unpaired) electrons. The van der Waals surface area contributed by atoms with Gasteiger partial charge in [-0.15, -0.1) is 0 Å². The molecule has 0 spiro atoms. The average Bonchev–Trinajstić information content (AvgIpc) is 2.81. The standard InChI is InChI=1S/C18H26N2O/c1-13(2)11-18(21)20(14(3)4)10-9-15-12-19-17-8-6-5-7-16(15)17/h5-8,12-14,19H,9-11H2,1-4H3. The minimum absolute atomic E-state index is 0.251. The van der Waals surface area contributed by atoms with Crippen molar-refractivity contribution in [2.75, 3.05) is 6.54 Å². The molecule has 1 heterocycles. The highest BCUT2D eigenvalue weighted by Gasteiger charge is 2.18. The van der Waals surface area contributed by atoms with Gasteiger partial charge in [-0.25, -0.2) is 0 Å². The highest BCUT2D eigenvalue weighted by atomic mass is 16.2. The Kier molecular flexibility index (Phi) is 5.05. The zero-order chi connectivity index (χ0) is 15.4. The van der Waals surface area contributed by atoms with E-state index in [4.69, 9.17) is 0 Å². The van der Waals surface area contributed by atoms with E-state index in [9.17, 15) is 4.79 Å². The summed E-state index contributed by atoms with van der Waals surface area (Å²) in [6.07, 6.45) is 3.59. The van der Waals surface area contributed by atoms with Crippen molar-refractivity contribution >= 4 is 16.8 Å². The molecule has 0 aliphatic carbocycles. The molecule has 1 aromatic heterocycles. The first kappa shape index (κ1) is 15.6. The van der Waals surface area contributed by atoms with E-state index in [-0.39, 0.29) is 11.9 Å². The van der Waals surface area contributed by atoms with Crippen LogP contribution in [0.3, 0.4) is 0 Å². The lowest BCUT2D eigenvalue weighted by Gasteiger charge is -2.27. The first-order chi connectivity index (χ1) is 9.99. The van der Waals surface area contributed by atoms with Crippen molar-refractivity contribution in [1.29, 1.82) is 0 Å². The number of aromatic nitrogens is 1. The van der Waals surface area contributed by atoms with Crippen LogP contribution in [0.1, 0.15) is 39.7 Å². The summed E-state index contributed by atoms with van der Waals surface area (Å²) in [5, 5.41) is 1.26. The third-order valence-corrected chi connectivity index (χ3v) is 3.82. The van der Waals surface area contributed by atoms with Crippen LogP contribution in [0.2, 0.25) is 0 Å². The second-order valence-corrected chi connectivity index (χ2v) is 6.39. The van der Waals surface area contributed by atoms with Crippen molar-refractivity contribution in [2.45, 2.75) is 46.6 Å². The smallest absolute Gasteiger partial charge is 0.223 e. The SMILES string of the molecule is CC(C)CC(=O)N(CCc1c[nH]c2ccccc12)C(C)C. The molecule has 0 fully saturated rings. The summed E-state index contributed by atoms with van der Waals surface area (Å²) in [4.78, 5) is 17.6. The number of hydrogen-bond acceptors (Lipinski definition) is 1. The molecule has 0 saturated carbocycles. The van der Waals surface area contributed by atoms with Gasteiger partial charge in [-0.05, 0) is 37.8 Å². The second kappa shape index (κ2) is 6.79. The summed E-state index contributed by atoms with van der Waals surface area (Å²) in [5.74, 6) is 0.673. The summed E-state index contributed by atoms with van der Waals surface area (Å²) >= 11 is 0. The Morgan fingerprint density at radius 2 is 1.90 bits per heavy atom. The molecule has 2 aromatic rings. The van der Waals surface area contributed by atoms with E-state index in [1.54, 1.807) is 0 Å². The third-order valence-electron chi connectivity index (χ3n) is 3.82. The number of rotatable bonds is 6. The van der Waals surface area contributed by atoms with Crippen molar-refractivity contribution in [1.82, 2.24) is 9.88 Å². The fourth-order valence-corrected chi connectivity index (χ4v) is 2.72. The molecule has 0 saturated heterocycles. The number of H-pyrrole nitrogens is 1. The van der Waals surface area contributed by atoms with Crippen LogP contribution in [0.5, 0.6) is 0 Å². The molecule has 2 rings (SSSR count). The van der Waals surface area contributed by atoms with Crippen molar-refractivity contribution < 1.29 is 4.79 Å². The second-order valence-electron chi connectivity index (χ2n) is 6.39. The van der Waals surface area contributed by atoms with E-state index < -0.39 is 0 Å². The molecule has 0 unspecified atom stereocenters. The number of fused-ring (bicyclic) bond motifs is 1. The zero-order valence-electron chi connectivity index (χ0n) is 13.5. The fourth-order valence-electron chi connectivity index (χ4n) is 2.72. The van der Waals surface area contributed by atoms with E-state index >= 15 is 0 Å². The Hall–Kier alpha value is -1.77. The molecule has 3 heteroatoms. The Labute approximate surface area is 127 Å². The number of nitrogens with one attached hydrogen (secondary N) is 1. The van der Waals surface area contributed by atoms with Gasteiger partial charge in [0.15, 0.2) is 0 Å². The van der Waals surface area contributed by atoms with Gasteiger partial charge < -0.3 is 9.88 Å². The number of carbonyl (C=O) groups is 1. The number of benzene rings is 1. The predicted octanol–water partition coefficient (Wildman–Crippen LogP) is 3.99. The molecule has 0 atom stereocenters. The summed E-state index contributed by atoms with van der Waals surface area (Å²) in [6, 6.07) is 8.57. The van der Waals surface area contributed by atoms with Crippen LogP contribution < -0.4 is 0 Å². The largest absolute Gasteiger partial charge is 0.361 e. The van der Waals surface area contributed by atoms with Crippen molar-refractivity contribution in [2.24, 2.45) is 5.92 Å². The first-order valence-corrected chi connectivity index (χ1v) is 7.83. The minimum Gasteiger partial charge on any atom is -0.361 e. The lowest BCUT2D eigenvalue weighted by atomic mass is 10.1. The molecule has 3 nitrogen and oxygen atoms in total. The summed E-state index contributed by atoms with van der Waals surface area (Å²) in [7, 11) is 0. The summed E-state index contributed by atoms with van der Waals surface area (Å²) in [5.41, 5.74) is 2.45. The van der Waals surface area contributed by atoms with Gasteiger partial charge in [0.2, 0.25) is 5.91 Å². The van der Waals surface area contributed by atoms with Crippen LogP contribution in [0.25, 0.3) is 10.9 Å². The Balaban J connectivity index is 2.06. The number of para-hydroxylation sites is 1. The molecule has 0 aliphatic rings. The number of nitrogens with zero attached hydrogens (tertiary/aromatic N) is 1. The van der Waals surface area contributed by atoms with Crippen molar-refractivity contribution in [3.8, 4) is 0 Å². The predicted molar refractivity (Wildman–Crippen MR) is 88.3 cm³/mol. The number of aromatic amines is 1. The zero-order valence-corrected chi connectivity index (χ0v) is 13.5. The summed E-state index contributed by atoms with van der Waals surface area (Å²) < 4.78 is 0. The van der Waals surface area contributed by atoms with Gasteiger partial charge in [-0.2, -0.15) is 0 Å². The molecule has 0 aliphatic heterocycles. The quantitative estimate of drug-likeness (QED) is 0.856. The Morgan fingerprint density at radius 1 is 1.19 bits per heavy atom. The number of amides is 1. The van der Waals surface area contributed by atoms with Gasteiger partial charge in [-0.3, -0.25) is 4.79 Å². The normalized spacial score (nSPS) is 11.5. The maximum Gasteiger partial charge on any atom is 0.223 e. The number of hydrogen-bond donors (Lipinski definition) is 1. The van der Waals surface area contributed by atoms with E-state index in [1.165, 1.54) is 10.9 Å². The molecule has 1 N–H and O–H groups in total. The van der Waals surface area contributed by atoms with Crippen molar-refractivity contribution in [3.63, 3.8) is 0 Å². The highest BCUT2D eigenvalue weighted by molar-refractivity contribution is 5.83. The van der Waals surface area contributed by atoms with Crippen LogP contribution in [0, 0.1) is 5.92 Å². The third kappa shape index (κ3) is 3.87. The number of carbonyl (C=O) groups excluding carboxylic acids is 1. The maximum atomic E-state index is 12.3. The van der Waals surface area contributed by atoms with E-state index in [0.717, 1.165) is 18.5 Å². The fraction of sp³-hybridized carbons (Fsp3) is 0.500. The lowest BCUT2D eigenvalue weighted by Crippen LogP contribution is -2.39. The molecular weight excluding hydrogens is 260 g/mol. The van der Waals surface area contributed by atoms with Gasteiger partial charge in [0.1, 0.15) is 0 Å². The molecule has 0 bridgehead atoms. The van der Waals surface area contributed by atoms with Crippen molar-refractivity contribution in [3.05, 3.63) is 36.0 Å². The topological polar surface area (TPSA) is 36.1 Å². The highest BCUT2D eigenvalue weighted by Crippen LogP contribution is 2.19. The monoisotopic (exact) mass is 286 g/mol. The van der Waals surface area contributed by atoms with Gasteiger partial charge in [-0.1, -0.05) is 32.0 Å². The van der Waals surface area contributed by atoms with Gasteiger partial charge in [0, 0.05) is 36.1 Å². The van der Waals surface area contributed by atoms with Gasteiger partial charge in [0.05, 0.1) is 0 Å². The maximum absolute atomic E-state index is 12.3.